The molecule has 3 fully saturated rings. The lowest BCUT2D eigenvalue weighted by Gasteiger charge is -2.56. The minimum atomic E-state index is -0.708. The lowest BCUT2D eigenvalue weighted by Crippen LogP contribution is -2.74. The van der Waals surface area contributed by atoms with E-state index in [0.29, 0.717) is 18.7 Å². The van der Waals surface area contributed by atoms with Gasteiger partial charge in [-0.3, -0.25) is 24.1 Å². The van der Waals surface area contributed by atoms with Gasteiger partial charge in [0.05, 0.1) is 46.5 Å². The van der Waals surface area contributed by atoms with Crippen molar-refractivity contribution in [3.05, 3.63) is 17.7 Å². The van der Waals surface area contributed by atoms with Gasteiger partial charge in [-0.1, -0.05) is 0 Å². The number of methoxy groups -OCH3 is 5. The summed E-state index contributed by atoms with van der Waals surface area (Å²) in [5.74, 6) is -0.852. The number of amides is 2. The van der Waals surface area contributed by atoms with Crippen LogP contribution in [0.25, 0.3) is 0 Å². The number of ketones is 2. The monoisotopic (exact) mass is 533 g/mol. The third-order valence-electron chi connectivity index (χ3n) is 7.68. The molecule has 1 aromatic carbocycles. The molecular formula is C26H35N3O9. The maximum atomic E-state index is 13.4. The van der Waals surface area contributed by atoms with Crippen molar-refractivity contribution in [1.82, 2.24) is 14.7 Å². The maximum absolute atomic E-state index is 13.4. The summed E-state index contributed by atoms with van der Waals surface area (Å²) < 4.78 is 26.5. The van der Waals surface area contributed by atoms with E-state index in [1.165, 1.54) is 47.7 Å². The average molecular weight is 534 g/mol. The predicted octanol–water partition coefficient (Wildman–Crippen LogP) is 0.359. The lowest BCUT2D eigenvalue weighted by molar-refractivity contribution is -0.174. The molecule has 3 heterocycles. The molecule has 3 aliphatic heterocycles. The van der Waals surface area contributed by atoms with Crippen LogP contribution in [0.1, 0.15) is 29.6 Å². The number of hydrogen-bond acceptors (Lipinski definition) is 10. The van der Waals surface area contributed by atoms with Crippen LogP contribution in [-0.4, -0.2) is 124 Å². The molecule has 38 heavy (non-hydrogen) atoms. The van der Waals surface area contributed by atoms with Gasteiger partial charge in [-0.2, -0.15) is 0 Å². The van der Waals surface area contributed by atoms with E-state index in [1.807, 2.05) is 4.90 Å². The van der Waals surface area contributed by atoms with Crippen LogP contribution in [0.2, 0.25) is 0 Å². The van der Waals surface area contributed by atoms with E-state index in [-0.39, 0.29) is 60.6 Å². The molecule has 3 unspecified atom stereocenters. The lowest BCUT2D eigenvalue weighted by atomic mass is 9.83. The zero-order valence-electron chi connectivity index (χ0n) is 22.4. The fourth-order valence-electron chi connectivity index (χ4n) is 5.75. The third-order valence-corrected chi connectivity index (χ3v) is 7.68. The molecule has 12 heteroatoms. The Hall–Kier alpha value is -3.22. The van der Waals surface area contributed by atoms with E-state index in [2.05, 4.69) is 0 Å². The summed E-state index contributed by atoms with van der Waals surface area (Å²) in [4.78, 5) is 57.9. The molecule has 2 bridgehead atoms. The van der Waals surface area contributed by atoms with Crippen molar-refractivity contribution in [2.75, 3.05) is 61.7 Å². The highest BCUT2D eigenvalue weighted by molar-refractivity contribution is 6.44. The third kappa shape index (κ3) is 5.07. The Balaban J connectivity index is 1.55. The summed E-state index contributed by atoms with van der Waals surface area (Å²) in [7, 11) is 7.32. The summed E-state index contributed by atoms with van der Waals surface area (Å²) in [5.41, 5.74) is 0.110. The predicted molar refractivity (Wildman–Crippen MR) is 133 cm³/mol. The molecule has 0 N–H and O–H groups in total. The van der Waals surface area contributed by atoms with Gasteiger partial charge >= 0.3 is 0 Å². The van der Waals surface area contributed by atoms with Gasteiger partial charge in [0.2, 0.25) is 29.1 Å². The SMILES string of the molecule is COc1cc(C(=O)C(=O)CN2C3CCCC2C2CN(CC(OC)OC)C(=O)CN2C3=O)cc(OC)c1OC. The zero-order valence-corrected chi connectivity index (χ0v) is 22.4. The van der Waals surface area contributed by atoms with E-state index in [0.717, 1.165) is 12.8 Å². The summed E-state index contributed by atoms with van der Waals surface area (Å²) in [5, 5.41) is 0. The van der Waals surface area contributed by atoms with Crippen molar-refractivity contribution in [1.29, 1.82) is 0 Å². The van der Waals surface area contributed by atoms with Crippen molar-refractivity contribution >= 4 is 23.4 Å². The van der Waals surface area contributed by atoms with Crippen LogP contribution in [0.4, 0.5) is 0 Å². The summed E-state index contributed by atoms with van der Waals surface area (Å²) in [6.07, 6.45) is 1.55. The Morgan fingerprint density at radius 3 is 2.18 bits per heavy atom. The molecule has 3 atom stereocenters. The second-order valence-electron chi connectivity index (χ2n) is 9.59. The molecule has 0 spiro atoms. The van der Waals surface area contributed by atoms with Crippen LogP contribution < -0.4 is 14.2 Å². The smallest absolute Gasteiger partial charge is 0.242 e. The molecular weight excluding hydrogens is 498 g/mol. The van der Waals surface area contributed by atoms with Gasteiger partial charge in [0, 0.05) is 32.4 Å². The standard InChI is InChI=1S/C26H35N3O9/c1-34-20-9-15(10-21(35-2)25(20)38-5)24(32)19(30)12-28-16-7-6-8-17(28)26(33)29-13-22(31)27(11-18(16)29)14-23(36-3)37-4/h9-10,16-18,23H,6-8,11-14H2,1-5H3. The highest BCUT2D eigenvalue weighted by Gasteiger charge is 2.52. The second kappa shape index (κ2) is 11.7. The number of nitrogens with zero attached hydrogens (tertiary/aromatic N) is 3. The largest absolute Gasteiger partial charge is 0.493 e. The van der Waals surface area contributed by atoms with Gasteiger partial charge in [0.15, 0.2) is 17.8 Å². The maximum Gasteiger partial charge on any atom is 0.242 e. The first kappa shape index (κ1) is 27.8. The van der Waals surface area contributed by atoms with E-state index in [9.17, 15) is 19.2 Å². The second-order valence-corrected chi connectivity index (χ2v) is 9.59. The van der Waals surface area contributed by atoms with Crippen LogP contribution in [0.3, 0.4) is 0 Å². The number of hydrogen-bond donors (Lipinski definition) is 0. The summed E-state index contributed by atoms with van der Waals surface area (Å²) in [6, 6.07) is 1.88. The highest BCUT2D eigenvalue weighted by Crippen LogP contribution is 2.39. The van der Waals surface area contributed by atoms with Crippen LogP contribution in [0.15, 0.2) is 12.1 Å². The molecule has 2 amide bonds. The number of carbonyl (C=O) groups is 4. The number of piperazine rings is 2. The minimum absolute atomic E-state index is 0.0250. The zero-order chi connectivity index (χ0) is 27.6. The van der Waals surface area contributed by atoms with Gasteiger partial charge in [0.25, 0.3) is 0 Å². The average Bonchev–Trinajstić information content (AvgIpc) is 2.94. The summed E-state index contributed by atoms with van der Waals surface area (Å²) in [6.45, 7) is 0.312. The van der Waals surface area contributed by atoms with Crippen molar-refractivity contribution < 1.29 is 42.9 Å². The number of piperidine rings is 1. The van der Waals surface area contributed by atoms with E-state index < -0.39 is 23.9 Å². The Labute approximate surface area is 221 Å². The van der Waals surface area contributed by atoms with Crippen LogP contribution >= 0.6 is 0 Å². The normalized spacial score (nSPS) is 23.4. The van der Waals surface area contributed by atoms with Crippen molar-refractivity contribution in [2.24, 2.45) is 0 Å². The number of Topliss-reactive ketones (excluding diaryl/α,β-unsaturated/α-hetero) is 2. The van der Waals surface area contributed by atoms with Gasteiger partial charge in [-0.05, 0) is 31.4 Å². The first-order valence-corrected chi connectivity index (χ1v) is 12.5. The summed E-state index contributed by atoms with van der Waals surface area (Å²) >= 11 is 0. The number of ether oxygens (including phenoxy) is 5. The molecule has 3 aliphatic rings. The number of fused-ring (bicyclic) bond motifs is 4. The topological polar surface area (TPSA) is 124 Å². The Morgan fingerprint density at radius 1 is 0.947 bits per heavy atom. The van der Waals surface area contributed by atoms with Crippen molar-refractivity contribution in [3.63, 3.8) is 0 Å². The quantitative estimate of drug-likeness (QED) is 0.224. The van der Waals surface area contributed by atoms with Crippen molar-refractivity contribution in [3.8, 4) is 17.2 Å². The molecule has 208 valence electrons. The van der Waals surface area contributed by atoms with Crippen LogP contribution in [0, 0.1) is 0 Å². The first-order valence-electron chi connectivity index (χ1n) is 12.5. The van der Waals surface area contributed by atoms with E-state index >= 15 is 0 Å². The molecule has 3 saturated heterocycles. The van der Waals surface area contributed by atoms with Gasteiger partial charge in [-0.25, -0.2) is 0 Å². The Bertz CT molecular complexity index is 1060. The van der Waals surface area contributed by atoms with E-state index in [4.69, 9.17) is 23.7 Å². The first-order chi connectivity index (χ1) is 18.3. The number of rotatable bonds is 11. The molecule has 0 saturated carbocycles. The number of carbonyl (C=O) groups excluding carboxylic acids is 4. The minimum Gasteiger partial charge on any atom is -0.493 e. The van der Waals surface area contributed by atoms with Gasteiger partial charge < -0.3 is 33.5 Å². The molecule has 12 nitrogen and oxygen atoms in total. The Morgan fingerprint density at radius 2 is 1.61 bits per heavy atom. The highest BCUT2D eigenvalue weighted by atomic mass is 16.7. The fourth-order valence-corrected chi connectivity index (χ4v) is 5.75. The molecule has 0 aliphatic carbocycles. The molecule has 1 aromatic rings. The van der Waals surface area contributed by atoms with Crippen LogP contribution in [0.5, 0.6) is 17.2 Å². The van der Waals surface area contributed by atoms with Gasteiger partial charge in [0.1, 0.15) is 6.54 Å². The van der Waals surface area contributed by atoms with E-state index in [1.54, 1.807) is 9.80 Å². The van der Waals surface area contributed by atoms with Crippen LogP contribution in [-0.2, 0) is 23.9 Å². The number of benzene rings is 1. The molecule has 0 radical (unpaired) electrons. The Kier molecular flexibility index (Phi) is 8.54. The molecule has 0 aromatic heterocycles. The van der Waals surface area contributed by atoms with Gasteiger partial charge in [-0.15, -0.1) is 0 Å². The molecule has 4 rings (SSSR count). The fraction of sp³-hybridized carbons (Fsp3) is 0.615. The van der Waals surface area contributed by atoms with Crippen molar-refractivity contribution in [2.45, 2.75) is 43.7 Å².